The lowest BCUT2D eigenvalue weighted by atomic mass is 10.2. The number of nitrogens with zero attached hydrogens (tertiary/aromatic N) is 2. The average Bonchev–Trinajstić information content (AvgIpc) is 2.85. The highest BCUT2D eigenvalue weighted by atomic mass is 19.3. The van der Waals surface area contributed by atoms with Crippen LogP contribution in [-0.2, 0) is 6.54 Å². The minimum Gasteiger partial charge on any atom is -0.326 e. The fraction of sp³-hybridized carbons (Fsp3) is 0.700. The highest BCUT2D eigenvalue weighted by molar-refractivity contribution is 5.19. The van der Waals surface area contributed by atoms with Crippen LogP contribution in [0, 0.1) is 0 Å². The van der Waals surface area contributed by atoms with Gasteiger partial charge in [-0.15, -0.1) is 0 Å². The topological polar surface area (TPSA) is 43.8 Å². The van der Waals surface area contributed by atoms with E-state index in [9.17, 15) is 8.78 Å². The van der Waals surface area contributed by atoms with E-state index in [1.54, 1.807) is 0 Å². The van der Waals surface area contributed by atoms with Gasteiger partial charge in [0.2, 0.25) is 0 Å². The largest absolute Gasteiger partial charge is 0.326 e. The van der Waals surface area contributed by atoms with Crippen molar-refractivity contribution in [2.24, 2.45) is 5.73 Å². The van der Waals surface area contributed by atoms with E-state index in [2.05, 4.69) is 5.10 Å². The van der Waals surface area contributed by atoms with Crippen molar-refractivity contribution in [1.82, 2.24) is 9.78 Å². The van der Waals surface area contributed by atoms with Gasteiger partial charge in [0, 0.05) is 12.1 Å². The van der Waals surface area contributed by atoms with Crippen LogP contribution in [0.15, 0.2) is 6.20 Å². The molecule has 0 saturated heterocycles. The van der Waals surface area contributed by atoms with E-state index < -0.39 is 6.43 Å². The van der Waals surface area contributed by atoms with Crippen molar-refractivity contribution in [3.05, 3.63) is 17.5 Å². The fourth-order valence-corrected chi connectivity index (χ4v) is 2.24. The minimum atomic E-state index is -2.48. The first-order valence-corrected chi connectivity index (χ1v) is 5.28. The summed E-state index contributed by atoms with van der Waals surface area (Å²) in [7, 11) is 0. The summed E-state index contributed by atoms with van der Waals surface area (Å²) in [4.78, 5) is 0. The Morgan fingerprint density at radius 1 is 1.47 bits per heavy atom. The zero-order valence-corrected chi connectivity index (χ0v) is 8.50. The van der Waals surface area contributed by atoms with E-state index in [4.69, 9.17) is 5.73 Å². The van der Waals surface area contributed by atoms with Crippen molar-refractivity contribution in [3.63, 3.8) is 0 Å². The van der Waals surface area contributed by atoms with Crippen molar-refractivity contribution in [2.75, 3.05) is 0 Å². The summed E-state index contributed by atoms with van der Waals surface area (Å²) >= 11 is 0. The van der Waals surface area contributed by atoms with Crippen molar-refractivity contribution in [1.29, 1.82) is 0 Å². The lowest BCUT2D eigenvalue weighted by Crippen LogP contribution is -2.12. The van der Waals surface area contributed by atoms with E-state index in [1.165, 1.54) is 10.9 Å². The zero-order chi connectivity index (χ0) is 10.8. The lowest BCUT2D eigenvalue weighted by molar-refractivity contribution is 0.134. The Hall–Kier alpha value is -0.970. The molecule has 0 unspecified atom stereocenters. The number of alkyl halides is 2. The summed E-state index contributed by atoms with van der Waals surface area (Å²) < 4.78 is 27.2. The van der Waals surface area contributed by atoms with Crippen LogP contribution >= 0.6 is 0 Å². The normalized spacial score (nSPS) is 17.9. The number of hydrogen-bond donors (Lipinski definition) is 1. The second-order valence-corrected chi connectivity index (χ2v) is 3.94. The minimum absolute atomic E-state index is 0.0180. The molecule has 15 heavy (non-hydrogen) atoms. The molecule has 1 aromatic heterocycles. The molecule has 0 aliphatic heterocycles. The number of aromatic nitrogens is 2. The first kappa shape index (κ1) is 10.5. The predicted octanol–water partition coefficient (Wildman–Crippen LogP) is 2.39. The van der Waals surface area contributed by atoms with Crippen molar-refractivity contribution in [3.8, 4) is 0 Å². The zero-order valence-electron chi connectivity index (χ0n) is 8.50. The Bertz CT molecular complexity index is 329. The molecule has 0 atom stereocenters. The maximum absolute atomic E-state index is 12.8. The van der Waals surface area contributed by atoms with Crippen LogP contribution in [0.25, 0.3) is 0 Å². The van der Waals surface area contributed by atoms with Gasteiger partial charge in [0.25, 0.3) is 6.43 Å². The molecule has 1 saturated carbocycles. The summed E-state index contributed by atoms with van der Waals surface area (Å²) in [6.45, 7) is 0.131. The first-order chi connectivity index (χ1) is 7.24. The third-order valence-electron chi connectivity index (χ3n) is 3.01. The summed E-state index contributed by atoms with van der Waals surface area (Å²) in [5.41, 5.74) is 5.90. The van der Waals surface area contributed by atoms with Gasteiger partial charge in [0.05, 0.1) is 12.2 Å². The Kier molecular flexibility index (Phi) is 3.00. The predicted molar refractivity (Wildman–Crippen MR) is 52.6 cm³/mol. The van der Waals surface area contributed by atoms with Gasteiger partial charge in [-0.25, -0.2) is 8.78 Å². The Morgan fingerprint density at radius 2 is 2.13 bits per heavy atom. The molecule has 2 rings (SSSR count). The summed E-state index contributed by atoms with van der Waals surface area (Å²) in [6.07, 6.45) is 3.10. The molecule has 1 aliphatic carbocycles. The van der Waals surface area contributed by atoms with E-state index in [0.29, 0.717) is 5.56 Å². The summed E-state index contributed by atoms with van der Waals surface area (Å²) in [5, 5.41) is 4.05. The SMILES string of the molecule is NCc1cnn(C2CCCC2)c1C(F)F. The molecule has 1 fully saturated rings. The Labute approximate surface area is 87.3 Å². The van der Waals surface area contributed by atoms with Gasteiger partial charge >= 0.3 is 0 Å². The number of hydrogen-bond acceptors (Lipinski definition) is 2. The van der Waals surface area contributed by atoms with Gasteiger partial charge in [-0.3, -0.25) is 4.68 Å². The molecule has 0 aromatic carbocycles. The molecule has 0 amide bonds. The molecule has 1 aromatic rings. The van der Waals surface area contributed by atoms with Gasteiger partial charge < -0.3 is 5.73 Å². The van der Waals surface area contributed by atoms with Crippen LogP contribution in [0.3, 0.4) is 0 Å². The fourth-order valence-electron chi connectivity index (χ4n) is 2.24. The van der Waals surface area contributed by atoms with Crippen molar-refractivity contribution >= 4 is 0 Å². The quantitative estimate of drug-likeness (QED) is 0.841. The maximum atomic E-state index is 12.8. The van der Waals surface area contributed by atoms with Gasteiger partial charge in [-0.2, -0.15) is 5.10 Å². The Balaban J connectivity index is 2.33. The molecule has 0 bridgehead atoms. The number of rotatable bonds is 3. The third kappa shape index (κ3) is 1.88. The second kappa shape index (κ2) is 4.26. The Morgan fingerprint density at radius 3 is 2.67 bits per heavy atom. The van der Waals surface area contributed by atoms with Crippen molar-refractivity contribution in [2.45, 2.75) is 44.7 Å². The number of halogens is 2. The lowest BCUT2D eigenvalue weighted by Gasteiger charge is -2.14. The van der Waals surface area contributed by atoms with Crippen LogP contribution in [0.1, 0.15) is 49.4 Å². The van der Waals surface area contributed by atoms with Crippen LogP contribution in [0.4, 0.5) is 8.78 Å². The highest BCUT2D eigenvalue weighted by Gasteiger charge is 2.26. The average molecular weight is 215 g/mol. The van der Waals surface area contributed by atoms with E-state index in [0.717, 1.165) is 25.7 Å². The molecule has 0 spiro atoms. The molecule has 2 N–H and O–H groups in total. The number of nitrogens with two attached hydrogens (primary N) is 1. The van der Waals surface area contributed by atoms with E-state index in [-0.39, 0.29) is 18.3 Å². The second-order valence-electron chi connectivity index (χ2n) is 3.94. The highest BCUT2D eigenvalue weighted by Crippen LogP contribution is 2.33. The van der Waals surface area contributed by atoms with Crippen LogP contribution in [0.2, 0.25) is 0 Å². The first-order valence-electron chi connectivity index (χ1n) is 5.28. The van der Waals surface area contributed by atoms with Gasteiger partial charge in [-0.05, 0) is 12.8 Å². The van der Waals surface area contributed by atoms with Crippen LogP contribution in [-0.4, -0.2) is 9.78 Å². The molecule has 3 nitrogen and oxygen atoms in total. The van der Waals surface area contributed by atoms with Crippen LogP contribution < -0.4 is 5.73 Å². The molecule has 0 radical (unpaired) electrons. The third-order valence-corrected chi connectivity index (χ3v) is 3.01. The molecule has 84 valence electrons. The molecule has 1 heterocycles. The van der Waals surface area contributed by atoms with Crippen molar-refractivity contribution < 1.29 is 8.78 Å². The van der Waals surface area contributed by atoms with Gasteiger partial charge in [0.15, 0.2) is 0 Å². The molecule has 5 heteroatoms. The molecule has 1 aliphatic rings. The standard InChI is InChI=1S/C10H15F2N3/c11-10(12)9-7(5-13)6-14-15(9)8-3-1-2-4-8/h6,8,10H,1-5,13H2. The monoisotopic (exact) mass is 215 g/mol. The molecular formula is C10H15F2N3. The summed E-state index contributed by atoms with van der Waals surface area (Å²) in [6, 6.07) is 0.147. The van der Waals surface area contributed by atoms with E-state index in [1.807, 2.05) is 0 Å². The van der Waals surface area contributed by atoms with Gasteiger partial charge in [0.1, 0.15) is 5.69 Å². The summed E-state index contributed by atoms with van der Waals surface area (Å²) in [5.74, 6) is 0. The maximum Gasteiger partial charge on any atom is 0.280 e. The van der Waals surface area contributed by atoms with Gasteiger partial charge in [-0.1, -0.05) is 12.8 Å². The van der Waals surface area contributed by atoms with E-state index >= 15 is 0 Å². The molecular weight excluding hydrogens is 200 g/mol. The van der Waals surface area contributed by atoms with Crippen LogP contribution in [0.5, 0.6) is 0 Å². The smallest absolute Gasteiger partial charge is 0.280 e.